The quantitative estimate of drug-likeness (QED) is 0.821. The Hall–Kier alpha value is -1.79. The molecule has 6 heteroatoms. The molecule has 1 heterocycles. The minimum Gasteiger partial charge on any atom is -0.481 e. The molecular weight excluding hydrogens is 264 g/mol. The Kier molecular flexibility index (Phi) is 4.59. The van der Waals surface area contributed by atoms with Crippen LogP contribution in [-0.2, 0) is 16.1 Å². The molecule has 0 radical (unpaired) electrons. The lowest BCUT2D eigenvalue weighted by Crippen LogP contribution is -2.02. The summed E-state index contributed by atoms with van der Waals surface area (Å²) < 4.78 is 6.79. The van der Waals surface area contributed by atoms with Crippen LogP contribution in [0.4, 0.5) is 0 Å². The molecule has 0 bridgehead atoms. The van der Waals surface area contributed by atoms with E-state index in [1.165, 1.54) is 11.8 Å². The summed E-state index contributed by atoms with van der Waals surface area (Å²) in [6, 6.07) is 11.5. The molecule has 19 heavy (non-hydrogen) atoms. The van der Waals surface area contributed by atoms with Crippen molar-refractivity contribution in [1.82, 2.24) is 9.78 Å². The van der Waals surface area contributed by atoms with Crippen molar-refractivity contribution in [1.29, 1.82) is 0 Å². The number of benzene rings is 1. The average molecular weight is 278 g/mol. The zero-order valence-electron chi connectivity index (χ0n) is 10.4. The monoisotopic (exact) mass is 278 g/mol. The summed E-state index contributed by atoms with van der Waals surface area (Å²) in [5.41, 5.74) is 1.68. The highest BCUT2D eigenvalue weighted by Crippen LogP contribution is 2.23. The molecule has 0 amide bonds. The van der Waals surface area contributed by atoms with Crippen molar-refractivity contribution in [3.8, 4) is 5.69 Å². The summed E-state index contributed by atoms with van der Waals surface area (Å²) in [5, 5.41) is 14.0. The van der Waals surface area contributed by atoms with E-state index in [2.05, 4.69) is 5.10 Å². The molecule has 100 valence electrons. The molecule has 0 saturated heterocycles. The van der Waals surface area contributed by atoms with Crippen LogP contribution in [0.25, 0.3) is 5.69 Å². The van der Waals surface area contributed by atoms with Gasteiger partial charge in [-0.15, -0.1) is 0 Å². The summed E-state index contributed by atoms with van der Waals surface area (Å²) in [4.78, 5) is 10.7. The number of carboxylic acid groups (broad SMARTS) is 1. The normalized spacial score (nSPS) is 10.6. The predicted octanol–water partition coefficient (Wildman–Crippen LogP) is 2.20. The van der Waals surface area contributed by atoms with Gasteiger partial charge in [0.2, 0.25) is 0 Å². The Bertz CT molecular complexity index is 554. The Balaban J connectivity index is 2.31. The van der Waals surface area contributed by atoms with E-state index < -0.39 is 5.97 Å². The van der Waals surface area contributed by atoms with Crippen molar-refractivity contribution in [3.63, 3.8) is 0 Å². The van der Waals surface area contributed by atoms with Gasteiger partial charge in [-0.05, 0) is 18.2 Å². The number of hydrogen-bond donors (Lipinski definition) is 1. The number of hydrogen-bond acceptors (Lipinski definition) is 4. The van der Waals surface area contributed by atoms with E-state index in [1.807, 2.05) is 36.4 Å². The molecule has 0 saturated carbocycles. The fourth-order valence-corrected chi connectivity index (χ4v) is 2.38. The molecule has 1 aromatic carbocycles. The zero-order valence-corrected chi connectivity index (χ0v) is 11.3. The second-order valence-corrected chi connectivity index (χ2v) is 4.83. The lowest BCUT2D eigenvalue weighted by atomic mass is 10.3. The lowest BCUT2D eigenvalue weighted by Gasteiger charge is -2.05. The summed E-state index contributed by atoms with van der Waals surface area (Å²) in [6.07, 6.45) is 0. The third-order valence-corrected chi connectivity index (χ3v) is 3.34. The van der Waals surface area contributed by atoms with E-state index >= 15 is 0 Å². The largest absolute Gasteiger partial charge is 0.481 e. The van der Waals surface area contributed by atoms with Crippen molar-refractivity contribution >= 4 is 17.7 Å². The van der Waals surface area contributed by atoms with E-state index in [4.69, 9.17) is 9.84 Å². The van der Waals surface area contributed by atoms with Crippen molar-refractivity contribution in [2.45, 2.75) is 11.6 Å². The number of ether oxygens (including phenoxy) is 1. The minimum atomic E-state index is -0.848. The van der Waals surface area contributed by atoms with Crippen molar-refractivity contribution < 1.29 is 14.6 Å². The molecule has 0 fully saturated rings. The number of aliphatic carboxylic acids is 1. The van der Waals surface area contributed by atoms with Gasteiger partial charge in [-0.2, -0.15) is 5.10 Å². The SMILES string of the molecule is COCc1cc(SCC(=O)O)n(-c2ccccc2)n1. The molecule has 2 aromatic rings. The van der Waals surface area contributed by atoms with Crippen molar-refractivity contribution in [3.05, 3.63) is 42.1 Å². The third kappa shape index (κ3) is 3.59. The molecule has 0 aliphatic heterocycles. The van der Waals surface area contributed by atoms with Gasteiger partial charge in [-0.1, -0.05) is 30.0 Å². The zero-order chi connectivity index (χ0) is 13.7. The van der Waals surface area contributed by atoms with E-state index in [0.29, 0.717) is 6.61 Å². The van der Waals surface area contributed by atoms with E-state index in [9.17, 15) is 4.79 Å². The number of rotatable bonds is 6. The summed E-state index contributed by atoms with van der Waals surface area (Å²) in [7, 11) is 1.60. The van der Waals surface area contributed by atoms with Gasteiger partial charge in [0, 0.05) is 7.11 Å². The first-order valence-electron chi connectivity index (χ1n) is 5.68. The van der Waals surface area contributed by atoms with Gasteiger partial charge in [0.15, 0.2) is 0 Å². The molecular formula is C13H14N2O3S. The van der Waals surface area contributed by atoms with Gasteiger partial charge >= 0.3 is 5.97 Å². The molecule has 0 unspecified atom stereocenters. The highest BCUT2D eigenvalue weighted by Gasteiger charge is 2.11. The number of thioether (sulfide) groups is 1. The van der Waals surface area contributed by atoms with Gasteiger partial charge in [0.05, 0.1) is 23.7 Å². The maximum absolute atomic E-state index is 10.7. The Morgan fingerprint density at radius 2 is 2.16 bits per heavy atom. The van der Waals surface area contributed by atoms with Crippen molar-refractivity contribution in [2.75, 3.05) is 12.9 Å². The number of carboxylic acids is 1. The maximum atomic E-state index is 10.7. The predicted molar refractivity (Wildman–Crippen MR) is 72.6 cm³/mol. The number of carbonyl (C=O) groups is 1. The minimum absolute atomic E-state index is 0.00491. The van der Waals surface area contributed by atoms with Gasteiger partial charge < -0.3 is 9.84 Å². The summed E-state index contributed by atoms with van der Waals surface area (Å²) in [6.45, 7) is 0.403. The molecule has 2 rings (SSSR count). The van der Waals surface area contributed by atoms with Crippen LogP contribution in [0.1, 0.15) is 5.69 Å². The molecule has 1 aromatic heterocycles. The molecule has 0 spiro atoms. The lowest BCUT2D eigenvalue weighted by molar-refractivity contribution is -0.133. The van der Waals surface area contributed by atoms with Crippen LogP contribution in [0.5, 0.6) is 0 Å². The standard InChI is InChI=1S/C13H14N2O3S/c1-18-8-10-7-12(19-9-13(16)17)15(14-10)11-5-3-2-4-6-11/h2-7H,8-9H2,1H3,(H,16,17). The molecule has 0 atom stereocenters. The molecule has 0 aliphatic carbocycles. The van der Waals surface area contributed by atoms with Crippen LogP contribution in [-0.4, -0.2) is 33.7 Å². The van der Waals surface area contributed by atoms with Crippen LogP contribution in [0, 0.1) is 0 Å². The second kappa shape index (κ2) is 6.40. The van der Waals surface area contributed by atoms with Crippen LogP contribution in [0.15, 0.2) is 41.4 Å². The summed E-state index contributed by atoms with van der Waals surface area (Å²) in [5.74, 6) is -0.843. The topological polar surface area (TPSA) is 64.3 Å². The summed E-state index contributed by atoms with van der Waals surface area (Å²) >= 11 is 1.24. The number of methoxy groups -OCH3 is 1. The Morgan fingerprint density at radius 3 is 2.79 bits per heavy atom. The number of nitrogens with zero attached hydrogens (tertiary/aromatic N) is 2. The smallest absolute Gasteiger partial charge is 0.313 e. The number of para-hydroxylation sites is 1. The van der Waals surface area contributed by atoms with Crippen LogP contribution in [0.2, 0.25) is 0 Å². The van der Waals surface area contributed by atoms with E-state index in [-0.39, 0.29) is 5.75 Å². The van der Waals surface area contributed by atoms with Crippen LogP contribution >= 0.6 is 11.8 Å². The first kappa shape index (κ1) is 13.6. The van der Waals surface area contributed by atoms with Gasteiger partial charge in [-0.3, -0.25) is 4.79 Å². The third-order valence-electron chi connectivity index (χ3n) is 2.36. The first-order chi connectivity index (χ1) is 9.20. The fourth-order valence-electron chi connectivity index (χ4n) is 1.62. The highest BCUT2D eigenvalue weighted by atomic mass is 32.2. The molecule has 0 aliphatic rings. The molecule has 1 N–H and O–H groups in total. The first-order valence-corrected chi connectivity index (χ1v) is 6.67. The average Bonchev–Trinajstić information content (AvgIpc) is 2.81. The fraction of sp³-hybridized carbons (Fsp3) is 0.231. The Labute approximate surface area is 115 Å². The van der Waals surface area contributed by atoms with Crippen molar-refractivity contribution in [2.24, 2.45) is 0 Å². The van der Waals surface area contributed by atoms with Crippen LogP contribution < -0.4 is 0 Å². The van der Waals surface area contributed by atoms with Gasteiger partial charge in [0.1, 0.15) is 5.03 Å². The maximum Gasteiger partial charge on any atom is 0.313 e. The van der Waals surface area contributed by atoms with E-state index in [0.717, 1.165) is 16.4 Å². The molecule has 5 nitrogen and oxygen atoms in total. The van der Waals surface area contributed by atoms with Gasteiger partial charge in [-0.25, -0.2) is 4.68 Å². The van der Waals surface area contributed by atoms with E-state index in [1.54, 1.807) is 11.8 Å². The highest BCUT2D eigenvalue weighted by molar-refractivity contribution is 7.99. The number of aromatic nitrogens is 2. The van der Waals surface area contributed by atoms with Crippen LogP contribution in [0.3, 0.4) is 0 Å². The second-order valence-electron chi connectivity index (χ2n) is 3.84. The Morgan fingerprint density at radius 1 is 1.42 bits per heavy atom. The van der Waals surface area contributed by atoms with Gasteiger partial charge in [0.25, 0.3) is 0 Å².